The molecule has 0 spiro atoms. The van der Waals surface area contributed by atoms with Gasteiger partial charge in [0.25, 0.3) is 0 Å². The Morgan fingerprint density at radius 3 is 2.24 bits per heavy atom. The van der Waals surface area contributed by atoms with E-state index in [1.807, 2.05) is 0 Å². The van der Waals surface area contributed by atoms with E-state index < -0.39 is 24.1 Å². The predicted octanol–water partition coefficient (Wildman–Crippen LogP) is -0.327. The van der Waals surface area contributed by atoms with Crippen molar-refractivity contribution in [3.8, 4) is 0 Å². The fourth-order valence-corrected chi connectivity index (χ4v) is 1.17. The van der Waals surface area contributed by atoms with Gasteiger partial charge in [0.15, 0.2) is 0 Å². The third-order valence-electron chi connectivity index (χ3n) is 1.95. The molecule has 0 aromatic heterocycles. The van der Waals surface area contributed by atoms with E-state index in [0.717, 1.165) is 0 Å². The fourth-order valence-electron chi connectivity index (χ4n) is 1.17. The van der Waals surface area contributed by atoms with Crippen LogP contribution in [0, 0.1) is 0 Å². The number of likely N-dealkylation sites (N-methyl/N-ethyl adjacent to an activating group) is 1. The van der Waals surface area contributed by atoms with E-state index in [2.05, 4.69) is 16.0 Å². The van der Waals surface area contributed by atoms with E-state index in [0.29, 0.717) is 6.54 Å². The number of nitrogens with one attached hydrogen (secondary N) is 3. The van der Waals surface area contributed by atoms with Crippen LogP contribution >= 0.6 is 0 Å². The number of carboxylic acid groups (broad SMARTS) is 1. The molecule has 0 radical (unpaired) electrons. The van der Waals surface area contributed by atoms with Gasteiger partial charge in [0.2, 0.25) is 5.91 Å². The summed E-state index contributed by atoms with van der Waals surface area (Å²) in [6.07, 6.45) is -0.164. The summed E-state index contributed by atoms with van der Waals surface area (Å²) in [5, 5.41) is 15.9. The van der Waals surface area contributed by atoms with E-state index in [4.69, 9.17) is 5.11 Å². The first-order chi connectivity index (χ1) is 7.86. The second-order valence-electron chi connectivity index (χ2n) is 3.73. The molecule has 0 bridgehead atoms. The number of hydrogen-bond donors (Lipinski definition) is 4. The van der Waals surface area contributed by atoms with E-state index in [9.17, 15) is 14.4 Å². The highest BCUT2D eigenvalue weighted by Crippen LogP contribution is 1.90. The van der Waals surface area contributed by atoms with Gasteiger partial charge in [-0.25, -0.2) is 4.79 Å². The third kappa shape index (κ3) is 7.15. The first kappa shape index (κ1) is 15.2. The number of urea groups is 1. The van der Waals surface area contributed by atoms with Crippen molar-refractivity contribution < 1.29 is 19.5 Å². The summed E-state index contributed by atoms with van der Waals surface area (Å²) < 4.78 is 0. The minimum absolute atomic E-state index is 0.164. The van der Waals surface area contributed by atoms with E-state index in [-0.39, 0.29) is 12.3 Å². The van der Waals surface area contributed by atoms with Crippen molar-refractivity contribution in [2.45, 2.75) is 39.3 Å². The highest BCUT2D eigenvalue weighted by Gasteiger charge is 2.16. The van der Waals surface area contributed by atoms with Crippen molar-refractivity contribution in [3.05, 3.63) is 0 Å². The summed E-state index contributed by atoms with van der Waals surface area (Å²) in [5.74, 6) is -1.27. The zero-order valence-corrected chi connectivity index (χ0v) is 10.2. The van der Waals surface area contributed by atoms with Crippen LogP contribution in [0.2, 0.25) is 0 Å². The minimum atomic E-state index is -0.991. The first-order valence-electron chi connectivity index (χ1n) is 5.43. The average molecular weight is 245 g/mol. The molecule has 0 aliphatic rings. The van der Waals surface area contributed by atoms with Gasteiger partial charge in [-0.2, -0.15) is 0 Å². The number of rotatable bonds is 6. The SMILES string of the molecule is CCNC(=O)C(C)NC(=O)NC(C)CC(=O)O. The van der Waals surface area contributed by atoms with Gasteiger partial charge < -0.3 is 21.1 Å². The maximum absolute atomic E-state index is 11.4. The zero-order chi connectivity index (χ0) is 13.4. The number of amides is 3. The monoisotopic (exact) mass is 245 g/mol. The molecule has 7 heteroatoms. The first-order valence-corrected chi connectivity index (χ1v) is 5.43. The van der Waals surface area contributed by atoms with Gasteiger partial charge in [-0.1, -0.05) is 0 Å². The Kier molecular flexibility index (Phi) is 6.69. The van der Waals surface area contributed by atoms with Crippen molar-refractivity contribution in [2.24, 2.45) is 0 Å². The minimum Gasteiger partial charge on any atom is -0.481 e. The van der Waals surface area contributed by atoms with Gasteiger partial charge in [-0.05, 0) is 20.8 Å². The molecule has 0 aliphatic carbocycles. The van der Waals surface area contributed by atoms with Crippen molar-refractivity contribution in [3.63, 3.8) is 0 Å². The molecule has 7 nitrogen and oxygen atoms in total. The van der Waals surface area contributed by atoms with Crippen LogP contribution in [-0.2, 0) is 9.59 Å². The highest BCUT2D eigenvalue weighted by molar-refractivity contribution is 5.86. The molecule has 17 heavy (non-hydrogen) atoms. The van der Waals surface area contributed by atoms with Crippen LogP contribution in [0.1, 0.15) is 27.2 Å². The number of carboxylic acids is 1. The Morgan fingerprint density at radius 1 is 1.18 bits per heavy atom. The van der Waals surface area contributed by atoms with Crippen LogP contribution in [0.15, 0.2) is 0 Å². The van der Waals surface area contributed by atoms with Crippen LogP contribution in [-0.4, -0.2) is 41.6 Å². The van der Waals surface area contributed by atoms with Gasteiger partial charge in [-0.15, -0.1) is 0 Å². The van der Waals surface area contributed by atoms with Crippen LogP contribution in [0.4, 0.5) is 4.79 Å². The Bertz CT molecular complexity index is 293. The van der Waals surface area contributed by atoms with E-state index in [1.54, 1.807) is 20.8 Å². The Hall–Kier alpha value is -1.79. The van der Waals surface area contributed by atoms with Crippen LogP contribution in [0.5, 0.6) is 0 Å². The molecule has 0 saturated carbocycles. The van der Waals surface area contributed by atoms with Gasteiger partial charge in [0.05, 0.1) is 6.42 Å². The molecule has 0 heterocycles. The fraction of sp³-hybridized carbons (Fsp3) is 0.700. The standard InChI is InChI=1S/C10H19N3O4/c1-4-11-9(16)7(3)13-10(17)12-6(2)5-8(14)15/h6-7H,4-5H2,1-3H3,(H,11,16)(H,14,15)(H2,12,13,17). The highest BCUT2D eigenvalue weighted by atomic mass is 16.4. The lowest BCUT2D eigenvalue weighted by atomic mass is 10.2. The molecule has 0 aliphatic heterocycles. The molecule has 4 N–H and O–H groups in total. The van der Waals surface area contributed by atoms with Gasteiger partial charge in [0.1, 0.15) is 6.04 Å². The largest absolute Gasteiger partial charge is 0.481 e. The van der Waals surface area contributed by atoms with Crippen LogP contribution < -0.4 is 16.0 Å². The summed E-state index contributed by atoms with van der Waals surface area (Å²) in [7, 11) is 0. The number of carbonyl (C=O) groups excluding carboxylic acids is 2. The molecule has 0 fully saturated rings. The van der Waals surface area contributed by atoms with E-state index >= 15 is 0 Å². The summed E-state index contributed by atoms with van der Waals surface area (Å²) >= 11 is 0. The van der Waals surface area contributed by atoms with Crippen molar-refractivity contribution in [2.75, 3.05) is 6.54 Å². The summed E-state index contributed by atoms with van der Waals surface area (Å²) in [5.41, 5.74) is 0. The number of aliphatic carboxylic acids is 1. The van der Waals surface area contributed by atoms with Gasteiger partial charge in [-0.3, -0.25) is 9.59 Å². The van der Waals surface area contributed by atoms with Crippen molar-refractivity contribution in [1.82, 2.24) is 16.0 Å². The molecule has 2 unspecified atom stereocenters. The molecular weight excluding hydrogens is 226 g/mol. The third-order valence-corrected chi connectivity index (χ3v) is 1.95. The van der Waals surface area contributed by atoms with E-state index in [1.165, 1.54) is 0 Å². The molecular formula is C10H19N3O4. The summed E-state index contributed by atoms with van der Waals surface area (Å²) in [6, 6.07) is -1.71. The number of carbonyl (C=O) groups is 3. The molecule has 0 aromatic carbocycles. The Morgan fingerprint density at radius 2 is 1.76 bits per heavy atom. The molecule has 0 aromatic rings. The summed E-state index contributed by atoms with van der Waals surface area (Å²) in [6.45, 7) is 5.39. The average Bonchev–Trinajstić information content (AvgIpc) is 2.15. The second-order valence-corrected chi connectivity index (χ2v) is 3.73. The smallest absolute Gasteiger partial charge is 0.315 e. The lowest BCUT2D eigenvalue weighted by Crippen LogP contribution is -2.50. The molecule has 0 rings (SSSR count). The van der Waals surface area contributed by atoms with Gasteiger partial charge >= 0.3 is 12.0 Å². The molecule has 2 atom stereocenters. The van der Waals surface area contributed by atoms with Crippen LogP contribution in [0.25, 0.3) is 0 Å². The topological polar surface area (TPSA) is 108 Å². The molecule has 98 valence electrons. The van der Waals surface area contributed by atoms with Crippen molar-refractivity contribution in [1.29, 1.82) is 0 Å². The molecule has 0 saturated heterocycles. The van der Waals surface area contributed by atoms with Crippen molar-refractivity contribution >= 4 is 17.9 Å². The zero-order valence-electron chi connectivity index (χ0n) is 10.2. The number of hydrogen-bond acceptors (Lipinski definition) is 3. The molecule has 3 amide bonds. The lowest BCUT2D eigenvalue weighted by Gasteiger charge is -2.16. The second kappa shape index (κ2) is 7.48. The van der Waals surface area contributed by atoms with Crippen LogP contribution in [0.3, 0.4) is 0 Å². The summed E-state index contributed by atoms with van der Waals surface area (Å²) in [4.78, 5) is 33.0. The normalized spacial score (nSPS) is 13.4. The Balaban J connectivity index is 4.00. The predicted molar refractivity (Wildman–Crippen MR) is 61.5 cm³/mol. The Labute approximate surface area is 100.0 Å². The maximum atomic E-state index is 11.4. The maximum Gasteiger partial charge on any atom is 0.315 e. The quantitative estimate of drug-likeness (QED) is 0.514. The van der Waals surface area contributed by atoms with Gasteiger partial charge in [0, 0.05) is 12.6 Å². The lowest BCUT2D eigenvalue weighted by molar-refractivity contribution is -0.137.